The topological polar surface area (TPSA) is 193 Å². The normalized spacial score (nSPS) is 20.0. The van der Waals surface area contributed by atoms with Crippen LogP contribution in [0.3, 0.4) is 0 Å². The van der Waals surface area contributed by atoms with Crippen LogP contribution in [0.25, 0.3) is 5.78 Å². The van der Waals surface area contributed by atoms with Crippen molar-refractivity contribution in [2.75, 3.05) is 43.8 Å². The van der Waals surface area contributed by atoms with Gasteiger partial charge in [0.1, 0.15) is 18.2 Å². The molecule has 5 rings (SSSR count). The van der Waals surface area contributed by atoms with E-state index in [2.05, 4.69) is 10.3 Å². The number of morpholine rings is 1. The number of nitrogens with one attached hydrogen (secondary N) is 1. The molecule has 2 amide bonds. The van der Waals surface area contributed by atoms with Crippen molar-refractivity contribution in [2.45, 2.75) is 50.5 Å². The maximum atomic E-state index is 14.0. The summed E-state index contributed by atoms with van der Waals surface area (Å²) in [5.74, 6) is -4.01. The van der Waals surface area contributed by atoms with Crippen LogP contribution in [0.4, 0.5) is 10.2 Å². The van der Waals surface area contributed by atoms with E-state index in [0.717, 1.165) is 25.1 Å². The third-order valence-corrected chi connectivity index (χ3v) is 11.4. The lowest BCUT2D eigenvalue weighted by molar-refractivity contribution is -0.143. The summed E-state index contributed by atoms with van der Waals surface area (Å²) in [7, 11) is -5.42. The van der Waals surface area contributed by atoms with Crippen molar-refractivity contribution in [3.63, 3.8) is 0 Å². The fourth-order valence-corrected chi connectivity index (χ4v) is 8.16. The number of rotatable bonds is 8. The molecule has 3 aromatic rings. The van der Waals surface area contributed by atoms with Crippen LogP contribution in [0.2, 0.25) is 0 Å². The van der Waals surface area contributed by atoms with Crippen molar-refractivity contribution < 1.29 is 40.7 Å². The van der Waals surface area contributed by atoms with Gasteiger partial charge in [-0.25, -0.2) is 34.9 Å². The van der Waals surface area contributed by atoms with Crippen LogP contribution < -0.4 is 15.2 Å². The van der Waals surface area contributed by atoms with Crippen molar-refractivity contribution in [3.8, 4) is 5.75 Å². The van der Waals surface area contributed by atoms with E-state index in [9.17, 15) is 40.7 Å². The second-order valence-electron chi connectivity index (χ2n) is 11.4. The van der Waals surface area contributed by atoms with Gasteiger partial charge in [-0.05, 0) is 38.0 Å². The van der Waals surface area contributed by atoms with Crippen molar-refractivity contribution in [3.05, 3.63) is 51.8 Å². The van der Waals surface area contributed by atoms with Crippen LogP contribution in [0, 0.1) is 5.82 Å². The Morgan fingerprint density at radius 3 is 2.48 bits per heavy atom. The van der Waals surface area contributed by atoms with E-state index in [1.165, 1.54) is 30.9 Å². The van der Waals surface area contributed by atoms with E-state index in [4.69, 9.17) is 4.74 Å². The van der Waals surface area contributed by atoms with Crippen molar-refractivity contribution in [2.24, 2.45) is 0 Å². The van der Waals surface area contributed by atoms with Crippen LogP contribution in [-0.2, 0) is 42.7 Å². The number of imidazole rings is 1. The molecule has 0 aliphatic carbocycles. The molecule has 0 radical (unpaired) electrons. The summed E-state index contributed by atoms with van der Waals surface area (Å²) in [5.41, 5.74) is -1.89. The molecule has 4 heterocycles. The van der Waals surface area contributed by atoms with Gasteiger partial charge in [-0.15, -0.1) is 0 Å². The Morgan fingerprint density at radius 1 is 1.20 bits per heavy atom. The first kappa shape index (κ1) is 33.3. The van der Waals surface area contributed by atoms with Crippen LogP contribution in [0.5, 0.6) is 5.75 Å². The van der Waals surface area contributed by atoms with Gasteiger partial charge in [0.2, 0.25) is 37.5 Å². The first-order valence-electron chi connectivity index (χ1n) is 14.3. The van der Waals surface area contributed by atoms with E-state index in [1.54, 1.807) is 4.90 Å². The molecule has 250 valence electrons. The molecule has 0 saturated carbocycles. The number of hydrogen-bond acceptors (Lipinski definition) is 10. The van der Waals surface area contributed by atoms with E-state index in [1.807, 2.05) is 13.8 Å². The SMILES string of the molecule is CC1CN(C(=O)Cn2cc(N3CCCS3(=O)=O)n3c(=O)c(O)c(C(=O)NCc4ccc(F)cc4S(=O)(=O)N(C)C)nc23)CC(C)O1. The minimum absolute atomic E-state index is 0.0187. The molecule has 19 heteroatoms. The maximum absolute atomic E-state index is 14.0. The number of amides is 2. The molecular formula is C27H34FN7O9S2. The van der Waals surface area contributed by atoms with Crippen LogP contribution >= 0.6 is 0 Å². The summed E-state index contributed by atoms with van der Waals surface area (Å²) < 4.78 is 74.7. The third-order valence-electron chi connectivity index (χ3n) is 7.67. The Hall–Kier alpha value is -4.07. The first-order chi connectivity index (χ1) is 21.5. The third kappa shape index (κ3) is 6.18. The Labute approximate surface area is 264 Å². The van der Waals surface area contributed by atoms with E-state index in [-0.39, 0.29) is 60.5 Å². The van der Waals surface area contributed by atoms with Crippen molar-refractivity contribution in [1.82, 2.24) is 28.5 Å². The van der Waals surface area contributed by atoms with Gasteiger partial charge in [0.05, 0.1) is 29.1 Å². The quantitative estimate of drug-likeness (QED) is 0.319. The number of halogens is 1. The number of nitrogens with zero attached hydrogens (tertiary/aromatic N) is 6. The molecule has 46 heavy (non-hydrogen) atoms. The number of carbonyl (C=O) groups excluding carboxylic acids is 2. The largest absolute Gasteiger partial charge is 0.501 e. The smallest absolute Gasteiger partial charge is 0.303 e. The highest BCUT2D eigenvalue weighted by molar-refractivity contribution is 7.93. The van der Waals surface area contributed by atoms with Gasteiger partial charge in [0.15, 0.2) is 5.69 Å². The molecule has 2 aliphatic heterocycles. The molecule has 2 saturated heterocycles. The average molecular weight is 684 g/mol. The second kappa shape index (κ2) is 12.3. The van der Waals surface area contributed by atoms with Gasteiger partial charge in [-0.3, -0.25) is 18.7 Å². The first-order valence-corrected chi connectivity index (χ1v) is 17.3. The molecule has 1 aromatic carbocycles. The number of aromatic nitrogens is 3. The molecule has 2 aromatic heterocycles. The van der Waals surface area contributed by atoms with Gasteiger partial charge < -0.3 is 24.6 Å². The summed E-state index contributed by atoms with van der Waals surface area (Å²) >= 11 is 0. The fourth-order valence-electron chi connectivity index (χ4n) is 5.50. The molecule has 0 bridgehead atoms. The standard InChI is InChI=1S/C27H34FN7O9S2/c1-16-12-32(13-17(2)44-16)22(36)15-33-14-21(34-8-5-9-45(34,40)41)35-26(39)24(37)23(30-27(33)35)25(38)29-11-18-6-7-19(28)10-20(18)46(42,43)31(3)4/h6-7,10,14,16-17,37H,5,8-9,11-13,15H2,1-4H3,(H,29,38). The average Bonchev–Trinajstić information content (AvgIpc) is 3.51. The molecule has 2 atom stereocenters. The summed E-state index contributed by atoms with van der Waals surface area (Å²) in [4.78, 5) is 45.5. The van der Waals surface area contributed by atoms with Crippen molar-refractivity contribution >= 4 is 43.5 Å². The predicted octanol–water partition coefficient (Wildman–Crippen LogP) is -0.303. The zero-order valence-electron chi connectivity index (χ0n) is 25.5. The summed E-state index contributed by atoms with van der Waals surface area (Å²) in [6.07, 6.45) is 1.07. The van der Waals surface area contributed by atoms with Gasteiger partial charge in [0, 0.05) is 40.3 Å². The summed E-state index contributed by atoms with van der Waals surface area (Å²) in [5, 5.41) is 13.2. The van der Waals surface area contributed by atoms with E-state index in [0.29, 0.717) is 13.1 Å². The lowest BCUT2D eigenvalue weighted by Gasteiger charge is -2.35. The van der Waals surface area contributed by atoms with Gasteiger partial charge in [0.25, 0.3) is 5.91 Å². The van der Waals surface area contributed by atoms with Crippen LogP contribution in [0.15, 0.2) is 34.1 Å². The van der Waals surface area contributed by atoms with Gasteiger partial charge >= 0.3 is 5.56 Å². The number of carbonyl (C=O) groups is 2. The van der Waals surface area contributed by atoms with E-state index >= 15 is 0 Å². The molecule has 2 fully saturated rings. The summed E-state index contributed by atoms with van der Waals surface area (Å²) in [6, 6.07) is 2.99. The number of benzene rings is 1. The monoisotopic (exact) mass is 683 g/mol. The highest BCUT2D eigenvalue weighted by atomic mass is 32.2. The Bertz CT molecular complexity index is 1980. The maximum Gasteiger partial charge on any atom is 0.303 e. The Morgan fingerprint density at radius 2 is 1.87 bits per heavy atom. The second-order valence-corrected chi connectivity index (χ2v) is 15.5. The number of anilines is 1. The zero-order valence-corrected chi connectivity index (χ0v) is 27.1. The number of aromatic hydroxyl groups is 1. The van der Waals surface area contributed by atoms with Crippen LogP contribution in [0.1, 0.15) is 36.3 Å². The highest BCUT2D eigenvalue weighted by Gasteiger charge is 2.34. The van der Waals surface area contributed by atoms with E-state index < -0.39 is 60.2 Å². The minimum atomic E-state index is -4.11. The number of ether oxygens (including phenoxy) is 1. The number of sulfonamides is 2. The Kier molecular flexibility index (Phi) is 8.88. The van der Waals surface area contributed by atoms with Crippen LogP contribution in [-0.4, -0.2) is 109 Å². The van der Waals surface area contributed by atoms with Gasteiger partial charge in [-0.2, -0.15) is 0 Å². The summed E-state index contributed by atoms with van der Waals surface area (Å²) in [6.45, 7) is 3.44. The predicted molar refractivity (Wildman–Crippen MR) is 162 cm³/mol. The molecule has 2 unspecified atom stereocenters. The lowest BCUT2D eigenvalue weighted by Crippen LogP contribution is -2.49. The lowest BCUT2D eigenvalue weighted by atomic mass is 10.2. The fraction of sp³-hybridized carbons (Fsp3) is 0.481. The number of hydrogen-bond donors (Lipinski definition) is 2. The molecule has 2 aliphatic rings. The minimum Gasteiger partial charge on any atom is -0.501 e. The van der Waals surface area contributed by atoms with Crippen molar-refractivity contribution in [1.29, 1.82) is 0 Å². The zero-order chi connectivity index (χ0) is 33.7. The molecule has 2 N–H and O–H groups in total. The van der Waals surface area contributed by atoms with Gasteiger partial charge in [-0.1, -0.05) is 6.07 Å². The molecular weight excluding hydrogens is 649 g/mol. The Balaban J connectivity index is 1.54. The molecule has 16 nitrogen and oxygen atoms in total. The number of fused-ring (bicyclic) bond motifs is 1. The highest BCUT2D eigenvalue weighted by Crippen LogP contribution is 2.27. The molecule has 0 spiro atoms.